The van der Waals surface area contributed by atoms with E-state index in [1.807, 2.05) is 13.8 Å². The second-order valence-corrected chi connectivity index (χ2v) is 5.55. The molecular weight excluding hydrogens is 202 g/mol. The highest BCUT2D eigenvalue weighted by Gasteiger charge is 2.26. The van der Waals surface area contributed by atoms with E-state index >= 15 is 0 Å². The van der Waals surface area contributed by atoms with E-state index in [4.69, 9.17) is 5.11 Å². The summed E-state index contributed by atoms with van der Waals surface area (Å²) < 4.78 is 0. The Hall–Kier alpha value is -0.570. The highest BCUT2D eigenvalue weighted by molar-refractivity contribution is 5.73. The minimum Gasteiger partial charge on any atom is -0.481 e. The molecule has 0 radical (unpaired) electrons. The van der Waals surface area contributed by atoms with Gasteiger partial charge in [-0.15, -0.1) is 0 Å². The Labute approximate surface area is 98.8 Å². The van der Waals surface area contributed by atoms with Crippen LogP contribution in [0.1, 0.15) is 52.4 Å². The Bertz CT molecular complexity index is 218. The summed E-state index contributed by atoms with van der Waals surface area (Å²) in [4.78, 5) is 13.4. The number of hydrogen-bond acceptors (Lipinski definition) is 2. The third-order valence-electron chi connectivity index (χ3n) is 3.55. The van der Waals surface area contributed by atoms with Crippen molar-refractivity contribution in [3.05, 3.63) is 0 Å². The van der Waals surface area contributed by atoms with E-state index in [0.29, 0.717) is 0 Å². The lowest BCUT2D eigenvalue weighted by molar-refractivity contribution is -0.147. The molecule has 16 heavy (non-hydrogen) atoms. The molecule has 1 heterocycles. The molecular formula is C13H25NO2. The van der Waals surface area contributed by atoms with Gasteiger partial charge in [0.05, 0.1) is 5.41 Å². The molecule has 1 aliphatic rings. The van der Waals surface area contributed by atoms with Gasteiger partial charge < -0.3 is 10.0 Å². The summed E-state index contributed by atoms with van der Waals surface area (Å²) >= 11 is 0. The molecule has 3 nitrogen and oxygen atoms in total. The van der Waals surface area contributed by atoms with Gasteiger partial charge in [0.2, 0.25) is 0 Å². The van der Waals surface area contributed by atoms with Crippen LogP contribution in [0, 0.1) is 5.41 Å². The maximum Gasteiger partial charge on any atom is 0.309 e. The average molecular weight is 227 g/mol. The molecule has 1 rings (SSSR count). The van der Waals surface area contributed by atoms with Gasteiger partial charge in [0.25, 0.3) is 0 Å². The van der Waals surface area contributed by atoms with Crippen molar-refractivity contribution < 1.29 is 9.90 Å². The van der Waals surface area contributed by atoms with Crippen LogP contribution < -0.4 is 0 Å². The van der Waals surface area contributed by atoms with Crippen LogP contribution in [0.15, 0.2) is 0 Å². The standard InChI is InChI=1S/C13H25NO2/c1-13(2,12(15)16)8-7-11-14-9-5-3-4-6-10-14/h3-11H2,1-2H3,(H,15,16). The molecule has 0 bridgehead atoms. The van der Waals surface area contributed by atoms with Gasteiger partial charge in [-0.2, -0.15) is 0 Å². The predicted octanol–water partition coefficient (Wildman–Crippen LogP) is 2.75. The van der Waals surface area contributed by atoms with Gasteiger partial charge in [0.1, 0.15) is 0 Å². The van der Waals surface area contributed by atoms with Crippen LogP contribution in [-0.4, -0.2) is 35.6 Å². The second-order valence-electron chi connectivity index (χ2n) is 5.55. The van der Waals surface area contributed by atoms with E-state index in [-0.39, 0.29) is 0 Å². The van der Waals surface area contributed by atoms with Crippen LogP contribution in [0.4, 0.5) is 0 Å². The van der Waals surface area contributed by atoms with Crippen molar-refractivity contribution in [2.24, 2.45) is 5.41 Å². The van der Waals surface area contributed by atoms with Crippen molar-refractivity contribution in [2.45, 2.75) is 52.4 Å². The number of carboxylic acid groups (broad SMARTS) is 1. The molecule has 0 atom stereocenters. The molecule has 0 aromatic heterocycles. The lowest BCUT2D eigenvalue weighted by Gasteiger charge is -2.23. The van der Waals surface area contributed by atoms with E-state index in [9.17, 15) is 4.79 Å². The zero-order chi connectivity index (χ0) is 12.0. The Kier molecular flexibility index (Phi) is 5.26. The van der Waals surface area contributed by atoms with Gasteiger partial charge in [-0.25, -0.2) is 0 Å². The summed E-state index contributed by atoms with van der Waals surface area (Å²) in [7, 11) is 0. The first kappa shape index (κ1) is 13.5. The Morgan fingerprint density at radius 2 is 1.75 bits per heavy atom. The lowest BCUT2D eigenvalue weighted by atomic mass is 9.88. The molecule has 1 N–H and O–H groups in total. The quantitative estimate of drug-likeness (QED) is 0.785. The van der Waals surface area contributed by atoms with E-state index < -0.39 is 11.4 Å². The number of carboxylic acids is 1. The maximum atomic E-state index is 10.9. The number of hydrogen-bond donors (Lipinski definition) is 1. The van der Waals surface area contributed by atoms with Gasteiger partial charge >= 0.3 is 5.97 Å². The summed E-state index contributed by atoms with van der Waals surface area (Å²) in [6.45, 7) is 7.10. The van der Waals surface area contributed by atoms with Gasteiger partial charge in [-0.05, 0) is 59.2 Å². The Morgan fingerprint density at radius 1 is 1.19 bits per heavy atom. The van der Waals surface area contributed by atoms with Crippen LogP contribution in [0.2, 0.25) is 0 Å². The van der Waals surface area contributed by atoms with Crippen molar-refractivity contribution in [3.8, 4) is 0 Å². The van der Waals surface area contributed by atoms with Crippen LogP contribution >= 0.6 is 0 Å². The van der Waals surface area contributed by atoms with Crippen molar-refractivity contribution in [2.75, 3.05) is 19.6 Å². The van der Waals surface area contributed by atoms with E-state index in [1.165, 1.54) is 38.8 Å². The molecule has 0 amide bonds. The minimum atomic E-state index is -0.677. The molecule has 1 aliphatic heterocycles. The molecule has 0 aromatic carbocycles. The van der Waals surface area contributed by atoms with E-state index in [1.54, 1.807) is 0 Å². The highest BCUT2D eigenvalue weighted by atomic mass is 16.4. The molecule has 0 aliphatic carbocycles. The van der Waals surface area contributed by atoms with Gasteiger partial charge in [-0.1, -0.05) is 12.8 Å². The minimum absolute atomic E-state index is 0.564. The average Bonchev–Trinajstić information content (AvgIpc) is 2.46. The Morgan fingerprint density at radius 3 is 2.25 bits per heavy atom. The molecule has 1 fully saturated rings. The van der Waals surface area contributed by atoms with Crippen molar-refractivity contribution in [3.63, 3.8) is 0 Å². The summed E-state index contributed by atoms with van der Waals surface area (Å²) in [5, 5.41) is 9.01. The molecule has 94 valence electrons. The SMILES string of the molecule is CC(C)(CCCN1CCCCCC1)C(=O)O. The monoisotopic (exact) mass is 227 g/mol. The number of nitrogens with zero attached hydrogens (tertiary/aromatic N) is 1. The third-order valence-corrected chi connectivity index (χ3v) is 3.55. The zero-order valence-electron chi connectivity index (χ0n) is 10.7. The summed E-state index contributed by atoms with van der Waals surface area (Å²) in [6, 6.07) is 0. The largest absolute Gasteiger partial charge is 0.481 e. The smallest absolute Gasteiger partial charge is 0.309 e. The van der Waals surface area contributed by atoms with Crippen molar-refractivity contribution in [1.82, 2.24) is 4.90 Å². The first-order chi connectivity index (χ1) is 7.52. The van der Waals surface area contributed by atoms with Gasteiger partial charge in [-0.3, -0.25) is 4.79 Å². The van der Waals surface area contributed by atoms with Gasteiger partial charge in [0, 0.05) is 0 Å². The fraction of sp³-hybridized carbons (Fsp3) is 0.923. The summed E-state index contributed by atoms with van der Waals surface area (Å²) in [5.74, 6) is -0.677. The fourth-order valence-corrected chi connectivity index (χ4v) is 2.21. The van der Waals surface area contributed by atoms with Crippen molar-refractivity contribution in [1.29, 1.82) is 0 Å². The van der Waals surface area contributed by atoms with Crippen molar-refractivity contribution >= 4 is 5.97 Å². The predicted molar refractivity (Wildman–Crippen MR) is 65.6 cm³/mol. The van der Waals surface area contributed by atoms with Crippen LogP contribution in [0.3, 0.4) is 0 Å². The lowest BCUT2D eigenvalue weighted by Crippen LogP contribution is -2.29. The summed E-state index contributed by atoms with van der Waals surface area (Å²) in [5.41, 5.74) is -0.564. The molecule has 3 heteroatoms. The topological polar surface area (TPSA) is 40.5 Å². The molecule has 1 saturated heterocycles. The molecule has 0 spiro atoms. The third kappa shape index (κ3) is 4.52. The van der Waals surface area contributed by atoms with Gasteiger partial charge in [0.15, 0.2) is 0 Å². The number of aliphatic carboxylic acids is 1. The fourth-order valence-electron chi connectivity index (χ4n) is 2.21. The first-order valence-corrected chi connectivity index (χ1v) is 6.48. The highest BCUT2D eigenvalue weighted by Crippen LogP contribution is 2.22. The van der Waals surface area contributed by atoms with Crippen LogP contribution in [0.25, 0.3) is 0 Å². The zero-order valence-corrected chi connectivity index (χ0v) is 10.7. The maximum absolute atomic E-state index is 10.9. The number of rotatable bonds is 5. The number of carbonyl (C=O) groups is 1. The first-order valence-electron chi connectivity index (χ1n) is 6.48. The normalized spacial score (nSPS) is 19.4. The van der Waals surface area contributed by atoms with Crippen LogP contribution in [0.5, 0.6) is 0 Å². The van der Waals surface area contributed by atoms with E-state index in [2.05, 4.69) is 4.90 Å². The van der Waals surface area contributed by atoms with E-state index in [0.717, 1.165) is 19.4 Å². The second kappa shape index (κ2) is 6.24. The summed E-state index contributed by atoms with van der Waals surface area (Å²) in [6.07, 6.45) is 7.11. The van der Waals surface area contributed by atoms with Crippen LogP contribution in [-0.2, 0) is 4.79 Å². The molecule has 0 saturated carbocycles. The Balaban J connectivity index is 2.21. The number of likely N-dealkylation sites (tertiary alicyclic amines) is 1. The molecule has 0 unspecified atom stereocenters. The molecule has 0 aromatic rings.